The summed E-state index contributed by atoms with van der Waals surface area (Å²) in [5.41, 5.74) is 0.328. The van der Waals surface area contributed by atoms with Gasteiger partial charge in [0.05, 0.1) is 0 Å². The fourth-order valence-corrected chi connectivity index (χ4v) is 5.13. The molecule has 0 unspecified atom stereocenters. The third-order valence-corrected chi connectivity index (χ3v) is 8.14. The van der Waals surface area contributed by atoms with Gasteiger partial charge in [-0.05, 0) is 0 Å². The van der Waals surface area contributed by atoms with Gasteiger partial charge in [0, 0.05) is 0 Å². The molecule has 0 spiro atoms. The Kier molecular flexibility index (Phi) is 2.82. The molecule has 1 aromatic heterocycles. The van der Waals surface area contributed by atoms with E-state index in [1.54, 1.807) is 0 Å². The predicted octanol–water partition coefficient (Wildman–Crippen LogP) is 2.48. The van der Waals surface area contributed by atoms with Gasteiger partial charge in [-0.3, -0.25) is 0 Å². The van der Waals surface area contributed by atoms with Crippen molar-refractivity contribution >= 4 is 32.9 Å². The van der Waals surface area contributed by atoms with E-state index in [1.165, 1.54) is 24.5 Å². The van der Waals surface area contributed by atoms with Crippen LogP contribution in [0.5, 0.6) is 0 Å². The van der Waals surface area contributed by atoms with Gasteiger partial charge in [-0.25, -0.2) is 0 Å². The van der Waals surface area contributed by atoms with E-state index in [2.05, 4.69) is 14.8 Å². The first-order valence-corrected chi connectivity index (χ1v) is 15.1. The van der Waals surface area contributed by atoms with Crippen molar-refractivity contribution in [2.45, 2.75) is 14.8 Å². The Labute approximate surface area is 97.0 Å². The molecule has 2 aromatic rings. The molecular formula is C12H13FO2Sn. The van der Waals surface area contributed by atoms with Gasteiger partial charge in [-0.15, -0.1) is 0 Å². The van der Waals surface area contributed by atoms with E-state index in [0.29, 0.717) is 11.0 Å². The molecule has 0 bridgehead atoms. The number of hydrogen-bond acceptors (Lipinski definition) is 2. The fraction of sp³-hybridized carbons (Fsp3) is 0.250. The van der Waals surface area contributed by atoms with Crippen LogP contribution in [-0.4, -0.2) is 18.4 Å². The third kappa shape index (κ3) is 2.00. The zero-order valence-corrected chi connectivity index (χ0v) is 12.4. The molecule has 0 radical (unpaired) electrons. The summed E-state index contributed by atoms with van der Waals surface area (Å²) in [7, 11) is 0. The van der Waals surface area contributed by atoms with Gasteiger partial charge in [-0.1, -0.05) is 0 Å². The van der Waals surface area contributed by atoms with Crippen LogP contribution < -0.4 is 9.01 Å². The fourth-order valence-electron chi connectivity index (χ4n) is 1.62. The van der Waals surface area contributed by atoms with Crippen molar-refractivity contribution in [1.29, 1.82) is 0 Å². The monoisotopic (exact) mass is 328 g/mol. The maximum atomic E-state index is 13.0. The molecule has 0 saturated carbocycles. The average molecular weight is 327 g/mol. The number of halogens is 1. The van der Waals surface area contributed by atoms with E-state index in [-0.39, 0.29) is 11.2 Å². The van der Waals surface area contributed by atoms with E-state index in [4.69, 9.17) is 4.42 Å². The second-order valence-corrected chi connectivity index (χ2v) is 19.2. The van der Waals surface area contributed by atoms with Gasteiger partial charge in [0.15, 0.2) is 0 Å². The van der Waals surface area contributed by atoms with Crippen LogP contribution in [0.25, 0.3) is 11.0 Å². The molecule has 84 valence electrons. The topological polar surface area (TPSA) is 30.2 Å². The quantitative estimate of drug-likeness (QED) is 0.754. The second-order valence-electron chi connectivity index (χ2n) is 4.87. The molecule has 0 aliphatic heterocycles. The van der Waals surface area contributed by atoms with Crippen molar-refractivity contribution in [3.8, 4) is 0 Å². The SMILES string of the molecule is [CH3][Sn]([CH3])([CH3])[c]1coc2cc(F)ccc2c1=O. The summed E-state index contributed by atoms with van der Waals surface area (Å²) in [5.74, 6) is -0.386. The summed E-state index contributed by atoms with van der Waals surface area (Å²) in [4.78, 5) is 18.6. The Morgan fingerprint density at radius 1 is 1.25 bits per heavy atom. The first kappa shape index (κ1) is 11.6. The van der Waals surface area contributed by atoms with Crippen molar-refractivity contribution in [2.24, 2.45) is 0 Å². The van der Waals surface area contributed by atoms with E-state index in [1.807, 2.05) is 0 Å². The van der Waals surface area contributed by atoms with Crippen LogP contribution in [0.3, 0.4) is 0 Å². The normalized spacial score (nSPS) is 12.0. The Balaban J connectivity index is 2.81. The minimum absolute atomic E-state index is 0.00421. The van der Waals surface area contributed by atoms with Crippen LogP contribution >= 0.6 is 0 Å². The molecule has 2 nitrogen and oxygen atoms in total. The Morgan fingerprint density at radius 2 is 1.94 bits per heavy atom. The van der Waals surface area contributed by atoms with Crippen LogP contribution in [0.15, 0.2) is 33.7 Å². The number of rotatable bonds is 1. The molecule has 0 aliphatic carbocycles. The molecule has 2 rings (SSSR count). The summed E-state index contributed by atoms with van der Waals surface area (Å²) in [6, 6.07) is 4.04. The summed E-state index contributed by atoms with van der Waals surface area (Å²) < 4.78 is 19.1. The van der Waals surface area contributed by atoms with Gasteiger partial charge in [0.25, 0.3) is 0 Å². The molecule has 0 N–H and O–H groups in total. The second kappa shape index (κ2) is 3.87. The third-order valence-electron chi connectivity index (χ3n) is 2.54. The molecular weight excluding hydrogens is 314 g/mol. The van der Waals surface area contributed by atoms with Gasteiger partial charge in [-0.2, -0.15) is 0 Å². The zero-order valence-electron chi connectivity index (χ0n) is 9.50. The van der Waals surface area contributed by atoms with Crippen LogP contribution in [0, 0.1) is 5.82 Å². The minimum atomic E-state index is -2.44. The number of hydrogen-bond donors (Lipinski definition) is 0. The van der Waals surface area contributed by atoms with Crippen molar-refractivity contribution < 1.29 is 8.81 Å². The van der Waals surface area contributed by atoms with Gasteiger partial charge >= 0.3 is 97.1 Å². The number of benzene rings is 1. The van der Waals surface area contributed by atoms with Gasteiger partial charge in [0.2, 0.25) is 0 Å². The Morgan fingerprint density at radius 3 is 2.56 bits per heavy atom. The van der Waals surface area contributed by atoms with E-state index in [0.717, 1.165) is 3.58 Å². The zero-order chi connectivity index (χ0) is 11.9. The van der Waals surface area contributed by atoms with E-state index in [9.17, 15) is 9.18 Å². The van der Waals surface area contributed by atoms with Gasteiger partial charge in [0.1, 0.15) is 0 Å². The van der Waals surface area contributed by atoms with Gasteiger partial charge < -0.3 is 0 Å². The molecule has 0 saturated heterocycles. The predicted molar refractivity (Wildman–Crippen MR) is 65.4 cm³/mol. The van der Waals surface area contributed by atoms with Crippen LogP contribution in [-0.2, 0) is 0 Å². The van der Waals surface area contributed by atoms with Crippen LogP contribution in [0.1, 0.15) is 0 Å². The van der Waals surface area contributed by atoms with Crippen LogP contribution in [0.2, 0.25) is 14.8 Å². The standard InChI is InChI=1S/C9H4FO2.3CH3.Sn/c10-6-1-2-7-8(11)3-4-12-9(7)5-6;;;;/h1-2,4-5H;3*1H3;. The molecule has 0 atom stereocenters. The number of fused-ring (bicyclic) bond motifs is 1. The molecule has 0 amide bonds. The van der Waals surface area contributed by atoms with Crippen molar-refractivity contribution in [3.05, 3.63) is 40.5 Å². The molecule has 1 heterocycles. The molecule has 16 heavy (non-hydrogen) atoms. The summed E-state index contributed by atoms with van der Waals surface area (Å²) in [6.07, 6.45) is 1.51. The summed E-state index contributed by atoms with van der Waals surface area (Å²) in [6.45, 7) is 0. The maximum absolute atomic E-state index is 13.0. The Hall–Kier alpha value is -0.841. The van der Waals surface area contributed by atoms with Crippen LogP contribution in [0.4, 0.5) is 4.39 Å². The molecule has 0 fully saturated rings. The average Bonchev–Trinajstić information content (AvgIpc) is 2.15. The summed E-state index contributed by atoms with van der Waals surface area (Å²) in [5, 5.41) is 0.477. The van der Waals surface area contributed by atoms with E-state index < -0.39 is 18.4 Å². The van der Waals surface area contributed by atoms with Crippen molar-refractivity contribution in [3.63, 3.8) is 0 Å². The summed E-state index contributed by atoms with van der Waals surface area (Å²) >= 11 is -2.44. The van der Waals surface area contributed by atoms with Crippen molar-refractivity contribution in [2.75, 3.05) is 0 Å². The molecule has 0 aliphatic rings. The van der Waals surface area contributed by atoms with Crippen molar-refractivity contribution in [1.82, 2.24) is 0 Å². The molecule has 4 heteroatoms. The van der Waals surface area contributed by atoms with E-state index >= 15 is 0 Å². The first-order chi connectivity index (χ1) is 7.39. The molecule has 1 aromatic carbocycles. The Bertz CT molecular complexity index is 596. The first-order valence-electron chi connectivity index (χ1n) is 5.11.